The summed E-state index contributed by atoms with van der Waals surface area (Å²) < 4.78 is 0. The zero-order valence-corrected chi connectivity index (χ0v) is 10.8. The van der Waals surface area contributed by atoms with Crippen LogP contribution in [0.3, 0.4) is 0 Å². The topological polar surface area (TPSA) is 32.3 Å². The second-order valence-electron chi connectivity index (χ2n) is 4.41. The first kappa shape index (κ1) is 11.6. The number of amides is 1. The molecule has 0 aromatic carbocycles. The molecular formula is C12H18N2OS. The number of hydrogen-bond donors (Lipinski definition) is 1. The number of thiophene rings is 1. The van der Waals surface area contributed by atoms with Crippen molar-refractivity contribution in [1.29, 1.82) is 0 Å². The number of fused-ring (bicyclic) bond motifs is 1. The zero-order valence-electron chi connectivity index (χ0n) is 9.99. The average molecular weight is 238 g/mol. The number of likely N-dealkylation sites (N-methyl/N-ethyl adjacent to an activating group) is 1. The van der Waals surface area contributed by atoms with Crippen molar-refractivity contribution in [3.63, 3.8) is 0 Å². The SMILES string of the molecule is CNC1C(=O)N(C(C)C)CCc2ccsc21. The van der Waals surface area contributed by atoms with E-state index >= 15 is 0 Å². The lowest BCUT2D eigenvalue weighted by Gasteiger charge is -2.27. The van der Waals surface area contributed by atoms with Gasteiger partial charge in [-0.25, -0.2) is 0 Å². The van der Waals surface area contributed by atoms with Crippen LogP contribution in [0.4, 0.5) is 0 Å². The molecule has 1 aliphatic rings. The first-order valence-electron chi connectivity index (χ1n) is 5.69. The second kappa shape index (κ2) is 4.55. The third-order valence-electron chi connectivity index (χ3n) is 3.11. The van der Waals surface area contributed by atoms with E-state index < -0.39 is 0 Å². The van der Waals surface area contributed by atoms with Crippen LogP contribution in [0.25, 0.3) is 0 Å². The first-order valence-corrected chi connectivity index (χ1v) is 6.57. The molecule has 2 heterocycles. The van der Waals surface area contributed by atoms with Crippen LogP contribution in [0.15, 0.2) is 11.4 Å². The minimum absolute atomic E-state index is 0.153. The Morgan fingerprint density at radius 3 is 2.94 bits per heavy atom. The van der Waals surface area contributed by atoms with Crippen LogP contribution < -0.4 is 5.32 Å². The maximum Gasteiger partial charge on any atom is 0.245 e. The predicted octanol–water partition coefficient (Wildman–Crippen LogP) is 1.80. The molecule has 0 fully saturated rings. The Kier molecular flexibility index (Phi) is 3.30. The van der Waals surface area contributed by atoms with Crippen molar-refractivity contribution < 1.29 is 4.79 Å². The van der Waals surface area contributed by atoms with E-state index in [9.17, 15) is 4.79 Å². The highest BCUT2D eigenvalue weighted by Crippen LogP contribution is 2.29. The summed E-state index contributed by atoms with van der Waals surface area (Å²) in [7, 11) is 1.86. The lowest BCUT2D eigenvalue weighted by atomic mass is 10.1. The lowest BCUT2D eigenvalue weighted by molar-refractivity contribution is -0.134. The molecule has 0 bridgehead atoms. The fourth-order valence-corrected chi connectivity index (χ4v) is 3.26. The molecule has 0 aliphatic carbocycles. The largest absolute Gasteiger partial charge is 0.338 e. The van der Waals surface area contributed by atoms with Gasteiger partial charge in [-0.1, -0.05) is 0 Å². The summed E-state index contributed by atoms with van der Waals surface area (Å²) in [5, 5.41) is 5.22. The quantitative estimate of drug-likeness (QED) is 0.852. The van der Waals surface area contributed by atoms with Gasteiger partial charge in [0.2, 0.25) is 5.91 Å². The molecule has 1 aliphatic heterocycles. The Morgan fingerprint density at radius 1 is 1.56 bits per heavy atom. The smallest absolute Gasteiger partial charge is 0.245 e. The Morgan fingerprint density at radius 2 is 2.31 bits per heavy atom. The molecule has 1 aromatic heterocycles. The number of rotatable bonds is 2. The van der Waals surface area contributed by atoms with Crippen LogP contribution in [-0.2, 0) is 11.2 Å². The van der Waals surface area contributed by atoms with Crippen molar-refractivity contribution >= 4 is 17.2 Å². The Hall–Kier alpha value is -0.870. The zero-order chi connectivity index (χ0) is 11.7. The Balaban J connectivity index is 2.35. The molecule has 0 saturated heterocycles. The van der Waals surface area contributed by atoms with Crippen molar-refractivity contribution in [2.24, 2.45) is 0 Å². The van der Waals surface area contributed by atoms with Gasteiger partial charge in [0.25, 0.3) is 0 Å². The molecule has 4 heteroatoms. The molecule has 0 radical (unpaired) electrons. The van der Waals surface area contributed by atoms with Crippen LogP contribution in [-0.4, -0.2) is 30.4 Å². The molecular weight excluding hydrogens is 220 g/mol. The highest BCUT2D eigenvalue weighted by molar-refractivity contribution is 7.10. The molecule has 1 unspecified atom stereocenters. The van der Waals surface area contributed by atoms with Gasteiger partial charge in [0, 0.05) is 17.5 Å². The number of nitrogens with zero attached hydrogens (tertiary/aromatic N) is 1. The van der Waals surface area contributed by atoms with E-state index in [1.165, 1.54) is 10.4 Å². The molecule has 88 valence electrons. The fraction of sp³-hybridized carbons (Fsp3) is 0.583. The molecule has 3 nitrogen and oxygen atoms in total. The summed E-state index contributed by atoms with van der Waals surface area (Å²) in [5.74, 6) is 0.207. The van der Waals surface area contributed by atoms with Crippen molar-refractivity contribution in [1.82, 2.24) is 10.2 Å². The summed E-state index contributed by atoms with van der Waals surface area (Å²) in [6, 6.07) is 2.26. The van der Waals surface area contributed by atoms with Crippen LogP contribution in [0.2, 0.25) is 0 Å². The molecule has 16 heavy (non-hydrogen) atoms. The number of hydrogen-bond acceptors (Lipinski definition) is 3. The molecule has 1 N–H and O–H groups in total. The Bertz CT molecular complexity index is 386. The van der Waals surface area contributed by atoms with Gasteiger partial charge in [0.15, 0.2) is 0 Å². The number of nitrogens with one attached hydrogen (secondary N) is 1. The minimum atomic E-state index is -0.153. The summed E-state index contributed by atoms with van der Waals surface area (Å²) in [6.07, 6.45) is 0.973. The molecule has 2 rings (SSSR count). The highest BCUT2D eigenvalue weighted by atomic mass is 32.1. The van der Waals surface area contributed by atoms with Crippen LogP contribution in [0, 0.1) is 0 Å². The molecule has 0 spiro atoms. The van der Waals surface area contributed by atoms with E-state index in [1.54, 1.807) is 11.3 Å². The van der Waals surface area contributed by atoms with Gasteiger partial charge in [-0.2, -0.15) is 0 Å². The Labute approximate surface area is 100 Å². The fourth-order valence-electron chi connectivity index (χ4n) is 2.20. The monoisotopic (exact) mass is 238 g/mol. The van der Waals surface area contributed by atoms with Crippen LogP contribution >= 0.6 is 11.3 Å². The van der Waals surface area contributed by atoms with Crippen LogP contribution in [0.5, 0.6) is 0 Å². The predicted molar refractivity (Wildman–Crippen MR) is 66.7 cm³/mol. The van der Waals surface area contributed by atoms with E-state index in [2.05, 4.69) is 30.6 Å². The van der Waals surface area contributed by atoms with E-state index in [-0.39, 0.29) is 18.0 Å². The first-order chi connectivity index (χ1) is 7.65. The summed E-state index contributed by atoms with van der Waals surface area (Å²) in [4.78, 5) is 15.5. The van der Waals surface area contributed by atoms with E-state index in [0.717, 1.165) is 13.0 Å². The van der Waals surface area contributed by atoms with Gasteiger partial charge in [-0.05, 0) is 44.3 Å². The standard InChI is InChI=1S/C12H18N2OS/c1-8(2)14-6-4-9-5-7-16-11(9)10(13-3)12(14)15/h5,7-8,10,13H,4,6H2,1-3H3. The van der Waals surface area contributed by atoms with Crippen molar-refractivity contribution in [3.8, 4) is 0 Å². The van der Waals surface area contributed by atoms with Crippen molar-refractivity contribution in [3.05, 3.63) is 21.9 Å². The van der Waals surface area contributed by atoms with Crippen molar-refractivity contribution in [2.75, 3.05) is 13.6 Å². The average Bonchev–Trinajstić information content (AvgIpc) is 2.63. The van der Waals surface area contributed by atoms with E-state index in [0.29, 0.717) is 0 Å². The molecule has 1 amide bonds. The maximum absolute atomic E-state index is 12.3. The van der Waals surface area contributed by atoms with E-state index in [1.807, 2.05) is 11.9 Å². The van der Waals surface area contributed by atoms with Gasteiger partial charge in [-0.15, -0.1) is 11.3 Å². The second-order valence-corrected chi connectivity index (χ2v) is 5.35. The third-order valence-corrected chi connectivity index (χ3v) is 4.13. The number of carbonyl (C=O) groups is 1. The number of carbonyl (C=O) groups excluding carboxylic acids is 1. The molecule has 1 aromatic rings. The maximum atomic E-state index is 12.3. The highest BCUT2D eigenvalue weighted by Gasteiger charge is 2.31. The van der Waals surface area contributed by atoms with E-state index in [4.69, 9.17) is 0 Å². The third kappa shape index (κ3) is 1.87. The summed E-state index contributed by atoms with van der Waals surface area (Å²) in [5.41, 5.74) is 1.32. The summed E-state index contributed by atoms with van der Waals surface area (Å²) in [6.45, 7) is 4.98. The summed E-state index contributed by atoms with van der Waals surface area (Å²) >= 11 is 1.68. The van der Waals surface area contributed by atoms with Crippen molar-refractivity contribution in [2.45, 2.75) is 32.4 Å². The minimum Gasteiger partial charge on any atom is -0.338 e. The molecule has 0 saturated carbocycles. The van der Waals surface area contributed by atoms with Gasteiger partial charge in [0.05, 0.1) is 0 Å². The molecule has 1 atom stereocenters. The van der Waals surface area contributed by atoms with Gasteiger partial charge >= 0.3 is 0 Å². The van der Waals surface area contributed by atoms with Gasteiger partial charge in [0.1, 0.15) is 6.04 Å². The normalized spacial score (nSPS) is 21.1. The van der Waals surface area contributed by atoms with Gasteiger partial charge < -0.3 is 10.2 Å². The van der Waals surface area contributed by atoms with Gasteiger partial charge in [-0.3, -0.25) is 4.79 Å². The van der Waals surface area contributed by atoms with Crippen LogP contribution in [0.1, 0.15) is 30.3 Å². The lowest BCUT2D eigenvalue weighted by Crippen LogP contribution is -2.42.